The largest absolute Gasteiger partial charge is 0.326 e. The van der Waals surface area contributed by atoms with Gasteiger partial charge in [-0.15, -0.1) is 10.2 Å². The van der Waals surface area contributed by atoms with Crippen LogP contribution in [0, 0.1) is 5.82 Å². The van der Waals surface area contributed by atoms with Crippen molar-refractivity contribution in [2.24, 2.45) is 0 Å². The number of carbonyl (C=O) groups is 1. The Bertz CT molecular complexity index is 788. The molecule has 0 saturated carbocycles. The van der Waals surface area contributed by atoms with Crippen molar-refractivity contribution < 1.29 is 9.18 Å². The molecule has 112 valence electrons. The second-order valence-electron chi connectivity index (χ2n) is 4.56. The minimum absolute atomic E-state index is 0.118. The van der Waals surface area contributed by atoms with Crippen molar-refractivity contribution in [3.05, 3.63) is 54.5 Å². The van der Waals surface area contributed by atoms with Gasteiger partial charge < -0.3 is 5.32 Å². The topological polar surface area (TPSA) is 59.3 Å². The summed E-state index contributed by atoms with van der Waals surface area (Å²) in [5.41, 5.74) is 1.37. The van der Waals surface area contributed by atoms with E-state index in [1.807, 2.05) is 28.8 Å². The number of carbonyl (C=O) groups excluding carboxylic acids is 1. The van der Waals surface area contributed by atoms with E-state index >= 15 is 0 Å². The number of nitrogens with zero attached hydrogens (tertiary/aromatic N) is 3. The molecule has 0 radical (unpaired) electrons. The van der Waals surface area contributed by atoms with Crippen LogP contribution in [0.3, 0.4) is 0 Å². The molecule has 3 aromatic rings. The van der Waals surface area contributed by atoms with Gasteiger partial charge in [-0.05, 0) is 36.4 Å². The van der Waals surface area contributed by atoms with E-state index in [-0.39, 0.29) is 11.7 Å². The van der Waals surface area contributed by atoms with Crippen molar-refractivity contribution in [3.8, 4) is 0 Å². The first-order chi connectivity index (χ1) is 10.7. The molecule has 0 spiro atoms. The van der Waals surface area contributed by atoms with E-state index in [2.05, 4.69) is 15.5 Å². The van der Waals surface area contributed by atoms with E-state index in [4.69, 9.17) is 0 Å². The van der Waals surface area contributed by atoms with Crippen LogP contribution in [0.25, 0.3) is 5.65 Å². The van der Waals surface area contributed by atoms with E-state index < -0.39 is 0 Å². The Labute approximate surface area is 130 Å². The van der Waals surface area contributed by atoms with Crippen molar-refractivity contribution in [2.45, 2.75) is 11.6 Å². The summed E-state index contributed by atoms with van der Waals surface area (Å²) >= 11 is 1.47. The molecule has 0 atom stereocenters. The van der Waals surface area contributed by atoms with Gasteiger partial charge in [0.2, 0.25) is 5.91 Å². The van der Waals surface area contributed by atoms with Crippen molar-refractivity contribution >= 4 is 29.0 Å². The van der Waals surface area contributed by atoms with E-state index in [1.54, 1.807) is 0 Å². The Balaban J connectivity index is 1.52. The number of hydrogen-bond donors (Lipinski definition) is 1. The van der Waals surface area contributed by atoms with Crippen molar-refractivity contribution in [2.75, 3.05) is 11.1 Å². The van der Waals surface area contributed by atoms with Gasteiger partial charge in [-0.3, -0.25) is 9.20 Å². The van der Waals surface area contributed by atoms with Crippen molar-refractivity contribution in [1.29, 1.82) is 0 Å². The van der Waals surface area contributed by atoms with Crippen LogP contribution < -0.4 is 5.32 Å². The molecule has 1 amide bonds. The van der Waals surface area contributed by atoms with E-state index in [0.717, 1.165) is 10.8 Å². The Kier molecular flexibility index (Phi) is 4.34. The number of halogens is 1. The molecule has 0 aliphatic rings. The molecule has 1 aromatic carbocycles. The third kappa shape index (κ3) is 3.43. The maximum Gasteiger partial charge on any atom is 0.225 e. The summed E-state index contributed by atoms with van der Waals surface area (Å²) in [7, 11) is 0. The number of aromatic nitrogens is 3. The van der Waals surface area contributed by atoms with Gasteiger partial charge in [-0.2, -0.15) is 0 Å². The molecule has 0 fully saturated rings. The van der Waals surface area contributed by atoms with Gasteiger partial charge >= 0.3 is 0 Å². The van der Waals surface area contributed by atoms with Gasteiger partial charge in [0.15, 0.2) is 10.8 Å². The van der Waals surface area contributed by atoms with Crippen LogP contribution in [-0.4, -0.2) is 26.3 Å². The van der Waals surface area contributed by atoms with Gasteiger partial charge in [0.25, 0.3) is 0 Å². The fourth-order valence-corrected chi connectivity index (χ4v) is 2.77. The minimum Gasteiger partial charge on any atom is -0.326 e. The molecule has 1 N–H and O–H groups in total. The zero-order valence-electron chi connectivity index (χ0n) is 11.6. The number of benzene rings is 1. The number of thioether (sulfide) groups is 1. The molecule has 3 rings (SSSR count). The average Bonchev–Trinajstić information content (AvgIpc) is 2.93. The predicted molar refractivity (Wildman–Crippen MR) is 83.4 cm³/mol. The maximum absolute atomic E-state index is 12.8. The molecule has 0 bridgehead atoms. The van der Waals surface area contributed by atoms with Gasteiger partial charge in [0.05, 0.1) is 0 Å². The van der Waals surface area contributed by atoms with Crippen molar-refractivity contribution in [1.82, 2.24) is 14.6 Å². The Morgan fingerprint density at radius 1 is 1.18 bits per heavy atom. The fraction of sp³-hybridized carbons (Fsp3) is 0.133. The van der Waals surface area contributed by atoms with Crippen LogP contribution in [-0.2, 0) is 4.79 Å². The van der Waals surface area contributed by atoms with Crippen LogP contribution in [0.5, 0.6) is 0 Å². The van der Waals surface area contributed by atoms with E-state index in [1.165, 1.54) is 36.0 Å². The van der Waals surface area contributed by atoms with Crippen LogP contribution in [0.4, 0.5) is 10.1 Å². The van der Waals surface area contributed by atoms with Crippen LogP contribution in [0.15, 0.2) is 53.8 Å². The highest BCUT2D eigenvalue weighted by atomic mass is 32.2. The number of fused-ring (bicyclic) bond motifs is 1. The second kappa shape index (κ2) is 6.57. The zero-order chi connectivity index (χ0) is 15.4. The molecule has 0 aliphatic heterocycles. The number of nitrogens with one attached hydrogen (secondary N) is 1. The Hall–Kier alpha value is -2.41. The summed E-state index contributed by atoms with van der Waals surface area (Å²) in [5, 5.41) is 11.6. The lowest BCUT2D eigenvalue weighted by Gasteiger charge is -2.04. The number of anilines is 1. The third-order valence-corrected chi connectivity index (χ3v) is 3.92. The summed E-state index contributed by atoms with van der Waals surface area (Å²) in [6.07, 6.45) is 2.22. The Morgan fingerprint density at radius 3 is 2.82 bits per heavy atom. The molecule has 2 aromatic heterocycles. The molecule has 22 heavy (non-hydrogen) atoms. The normalized spacial score (nSPS) is 10.8. The lowest BCUT2D eigenvalue weighted by atomic mass is 10.3. The summed E-state index contributed by atoms with van der Waals surface area (Å²) in [4.78, 5) is 11.8. The number of amides is 1. The molecular weight excluding hydrogens is 303 g/mol. The number of pyridine rings is 1. The SMILES string of the molecule is O=C(CCSc1nnc2ccccn12)Nc1ccc(F)cc1. The van der Waals surface area contributed by atoms with E-state index in [0.29, 0.717) is 17.9 Å². The van der Waals surface area contributed by atoms with Gasteiger partial charge in [0, 0.05) is 24.1 Å². The zero-order valence-corrected chi connectivity index (χ0v) is 12.4. The average molecular weight is 316 g/mol. The standard InChI is InChI=1S/C15H13FN4OS/c16-11-4-6-12(7-5-11)17-14(21)8-10-22-15-19-18-13-3-1-2-9-20(13)15/h1-7,9H,8,10H2,(H,17,21). The molecular formula is C15H13FN4OS. The highest BCUT2D eigenvalue weighted by molar-refractivity contribution is 7.99. The molecule has 7 heteroatoms. The van der Waals surface area contributed by atoms with Crippen LogP contribution in [0.1, 0.15) is 6.42 Å². The van der Waals surface area contributed by atoms with Gasteiger partial charge in [-0.1, -0.05) is 17.8 Å². The molecule has 2 heterocycles. The van der Waals surface area contributed by atoms with Gasteiger partial charge in [0.1, 0.15) is 5.82 Å². The second-order valence-corrected chi connectivity index (χ2v) is 5.63. The lowest BCUT2D eigenvalue weighted by molar-refractivity contribution is -0.115. The predicted octanol–water partition coefficient (Wildman–Crippen LogP) is 2.99. The molecule has 0 unspecified atom stereocenters. The monoisotopic (exact) mass is 316 g/mol. The van der Waals surface area contributed by atoms with E-state index in [9.17, 15) is 9.18 Å². The molecule has 0 saturated heterocycles. The van der Waals surface area contributed by atoms with Crippen LogP contribution >= 0.6 is 11.8 Å². The summed E-state index contributed by atoms with van der Waals surface area (Å²) < 4.78 is 14.7. The number of rotatable bonds is 5. The first kappa shape index (κ1) is 14.5. The smallest absolute Gasteiger partial charge is 0.225 e. The highest BCUT2D eigenvalue weighted by Gasteiger charge is 2.07. The lowest BCUT2D eigenvalue weighted by Crippen LogP contribution is -2.12. The highest BCUT2D eigenvalue weighted by Crippen LogP contribution is 2.18. The quantitative estimate of drug-likeness (QED) is 0.735. The minimum atomic E-state index is -0.327. The third-order valence-electron chi connectivity index (χ3n) is 2.97. The van der Waals surface area contributed by atoms with Gasteiger partial charge in [-0.25, -0.2) is 4.39 Å². The van der Waals surface area contributed by atoms with Crippen molar-refractivity contribution in [3.63, 3.8) is 0 Å². The maximum atomic E-state index is 12.8. The van der Waals surface area contributed by atoms with Crippen LogP contribution in [0.2, 0.25) is 0 Å². The summed E-state index contributed by atoms with van der Waals surface area (Å²) in [6, 6.07) is 11.4. The first-order valence-corrected chi connectivity index (χ1v) is 7.69. The summed E-state index contributed by atoms with van der Waals surface area (Å²) in [5.74, 6) is 0.142. The fourth-order valence-electron chi connectivity index (χ4n) is 1.91. The number of hydrogen-bond acceptors (Lipinski definition) is 4. The molecule has 5 nitrogen and oxygen atoms in total. The molecule has 0 aliphatic carbocycles. The summed E-state index contributed by atoms with van der Waals surface area (Å²) in [6.45, 7) is 0. The Morgan fingerprint density at radius 2 is 2.00 bits per heavy atom. The first-order valence-electron chi connectivity index (χ1n) is 6.70.